The van der Waals surface area contributed by atoms with Crippen LogP contribution in [0.1, 0.15) is 19.5 Å². The zero-order valence-electron chi connectivity index (χ0n) is 12.3. The summed E-state index contributed by atoms with van der Waals surface area (Å²) >= 11 is 5.82. The van der Waals surface area contributed by atoms with Gasteiger partial charge in [0.05, 0.1) is 11.7 Å². The number of ether oxygens (including phenoxy) is 1. The zero-order valence-corrected chi connectivity index (χ0v) is 13.1. The predicted molar refractivity (Wildman–Crippen MR) is 82.0 cm³/mol. The van der Waals surface area contributed by atoms with Gasteiger partial charge in [-0.05, 0) is 19.9 Å². The fraction of sp³-hybridized carbons (Fsp3) is 0.267. The molecule has 0 unspecified atom stereocenters. The fourth-order valence-corrected chi connectivity index (χ4v) is 2.32. The van der Waals surface area contributed by atoms with Crippen molar-refractivity contribution < 1.29 is 9.13 Å². The average Bonchev–Trinajstić information content (AvgIpc) is 2.76. The van der Waals surface area contributed by atoms with Crippen molar-refractivity contribution in [3.63, 3.8) is 0 Å². The molecule has 0 atom stereocenters. The topological polar surface area (TPSA) is 52.8 Å². The number of hydrogen-bond donors (Lipinski definition) is 0. The van der Waals surface area contributed by atoms with Gasteiger partial charge in [0.25, 0.3) is 0 Å². The predicted octanol–water partition coefficient (Wildman–Crippen LogP) is 4.01. The minimum absolute atomic E-state index is 0.309. The molecule has 0 radical (unpaired) electrons. The quantitative estimate of drug-likeness (QED) is 0.684. The summed E-state index contributed by atoms with van der Waals surface area (Å²) in [6, 6.07) is 5.05. The van der Waals surface area contributed by atoms with Crippen LogP contribution in [0.5, 0.6) is 11.5 Å². The molecule has 0 aliphatic heterocycles. The largest absolute Gasteiger partial charge is 0.455 e. The van der Waals surface area contributed by atoms with Crippen molar-refractivity contribution in [3.05, 3.63) is 41.4 Å². The van der Waals surface area contributed by atoms with E-state index in [2.05, 4.69) is 15.1 Å². The molecule has 7 heteroatoms. The van der Waals surface area contributed by atoms with Crippen LogP contribution in [-0.4, -0.2) is 19.7 Å². The third-order valence-electron chi connectivity index (χ3n) is 3.16. The maximum atomic E-state index is 14.2. The first-order valence-corrected chi connectivity index (χ1v) is 7.04. The summed E-state index contributed by atoms with van der Waals surface area (Å²) in [5.74, 6) is 1.07. The van der Waals surface area contributed by atoms with Gasteiger partial charge >= 0.3 is 0 Å². The molecule has 3 aromatic heterocycles. The Kier molecular flexibility index (Phi) is 3.48. The molecule has 114 valence electrons. The highest BCUT2D eigenvalue weighted by atomic mass is 35.5. The van der Waals surface area contributed by atoms with E-state index < -0.39 is 5.67 Å². The van der Waals surface area contributed by atoms with Crippen LogP contribution >= 0.6 is 11.6 Å². The summed E-state index contributed by atoms with van der Waals surface area (Å²) in [6.45, 7) is 2.92. The molecule has 3 aromatic rings. The standard InChI is InChI=1S/C15H14ClFN4O/c1-15(2,17)14-13-11(21(3)20-14)6-10(8-19-13)22-9-4-5-18-12(16)7-9/h4-8H,1-3H3. The highest BCUT2D eigenvalue weighted by Crippen LogP contribution is 2.31. The number of rotatable bonds is 3. The van der Waals surface area contributed by atoms with E-state index in [1.807, 2.05) is 0 Å². The van der Waals surface area contributed by atoms with Crippen molar-refractivity contribution in [2.24, 2.45) is 7.05 Å². The molecule has 0 bridgehead atoms. The number of fused-ring (bicyclic) bond motifs is 1. The molecule has 0 saturated carbocycles. The van der Waals surface area contributed by atoms with Crippen molar-refractivity contribution in [2.45, 2.75) is 19.5 Å². The van der Waals surface area contributed by atoms with Gasteiger partial charge in [0.15, 0.2) is 5.67 Å². The first-order chi connectivity index (χ1) is 10.3. The second-order valence-corrected chi connectivity index (χ2v) is 5.79. The highest BCUT2D eigenvalue weighted by Gasteiger charge is 2.27. The highest BCUT2D eigenvalue weighted by molar-refractivity contribution is 6.29. The molecule has 3 rings (SSSR count). The Morgan fingerprint density at radius 1 is 1.23 bits per heavy atom. The normalized spacial score (nSPS) is 11.9. The van der Waals surface area contributed by atoms with Crippen LogP contribution in [-0.2, 0) is 12.7 Å². The van der Waals surface area contributed by atoms with E-state index in [0.717, 1.165) is 0 Å². The van der Waals surface area contributed by atoms with Gasteiger partial charge in [-0.3, -0.25) is 4.68 Å². The van der Waals surface area contributed by atoms with Gasteiger partial charge in [-0.15, -0.1) is 0 Å². The first kappa shape index (κ1) is 14.7. The Labute approximate surface area is 131 Å². The van der Waals surface area contributed by atoms with Crippen LogP contribution < -0.4 is 4.74 Å². The summed E-state index contributed by atoms with van der Waals surface area (Å²) < 4.78 is 21.5. The van der Waals surface area contributed by atoms with Crippen molar-refractivity contribution in [2.75, 3.05) is 0 Å². The molecule has 0 aliphatic rings. The molecular formula is C15H14ClFN4O. The smallest absolute Gasteiger partial charge is 0.151 e. The van der Waals surface area contributed by atoms with Gasteiger partial charge < -0.3 is 4.74 Å². The first-order valence-electron chi connectivity index (χ1n) is 6.66. The minimum Gasteiger partial charge on any atom is -0.455 e. The van der Waals surface area contributed by atoms with E-state index >= 15 is 0 Å². The van der Waals surface area contributed by atoms with Gasteiger partial charge in [0, 0.05) is 25.4 Å². The van der Waals surface area contributed by atoms with Crippen molar-refractivity contribution in [3.8, 4) is 11.5 Å². The Bertz CT molecular complexity index is 841. The Balaban J connectivity index is 2.02. The van der Waals surface area contributed by atoms with Crippen molar-refractivity contribution >= 4 is 22.6 Å². The summed E-state index contributed by atoms with van der Waals surface area (Å²) in [5, 5.41) is 4.56. The average molecular weight is 321 g/mol. The summed E-state index contributed by atoms with van der Waals surface area (Å²) in [6.07, 6.45) is 3.09. The number of aryl methyl sites for hydroxylation is 1. The lowest BCUT2D eigenvalue weighted by Gasteiger charge is -2.10. The minimum atomic E-state index is -1.56. The molecular weight excluding hydrogens is 307 g/mol. The van der Waals surface area contributed by atoms with Crippen molar-refractivity contribution in [1.82, 2.24) is 19.7 Å². The molecule has 22 heavy (non-hydrogen) atoms. The van der Waals surface area contributed by atoms with Crippen LogP contribution in [0.15, 0.2) is 30.6 Å². The lowest BCUT2D eigenvalue weighted by atomic mass is 10.1. The molecule has 0 amide bonds. The number of hydrogen-bond acceptors (Lipinski definition) is 4. The Morgan fingerprint density at radius 3 is 2.68 bits per heavy atom. The van der Waals surface area contributed by atoms with Gasteiger partial charge in [0.2, 0.25) is 0 Å². The number of pyridine rings is 2. The Hall–Kier alpha value is -2.21. The van der Waals surface area contributed by atoms with Gasteiger partial charge in [-0.2, -0.15) is 5.10 Å². The zero-order chi connectivity index (χ0) is 15.9. The number of nitrogens with zero attached hydrogens (tertiary/aromatic N) is 4. The van der Waals surface area contributed by atoms with Crippen LogP contribution in [0.3, 0.4) is 0 Å². The summed E-state index contributed by atoms with van der Waals surface area (Å²) in [7, 11) is 1.74. The van der Waals surface area contributed by atoms with E-state index in [-0.39, 0.29) is 0 Å². The van der Waals surface area contributed by atoms with E-state index in [1.54, 1.807) is 36.1 Å². The third kappa shape index (κ3) is 2.74. The van der Waals surface area contributed by atoms with Crippen LogP contribution in [0.2, 0.25) is 5.15 Å². The maximum Gasteiger partial charge on any atom is 0.151 e. The van der Waals surface area contributed by atoms with E-state index in [9.17, 15) is 4.39 Å². The van der Waals surface area contributed by atoms with Crippen LogP contribution in [0.25, 0.3) is 11.0 Å². The van der Waals surface area contributed by atoms with E-state index in [0.29, 0.717) is 33.4 Å². The summed E-state index contributed by atoms with van der Waals surface area (Å²) in [4.78, 5) is 8.18. The molecule has 0 N–H and O–H groups in total. The maximum absolute atomic E-state index is 14.2. The number of halogens is 2. The molecule has 0 aromatic carbocycles. The van der Waals surface area contributed by atoms with Crippen LogP contribution in [0.4, 0.5) is 4.39 Å². The van der Waals surface area contributed by atoms with E-state index in [1.165, 1.54) is 20.0 Å². The molecule has 0 fully saturated rings. The lowest BCUT2D eigenvalue weighted by molar-refractivity contribution is 0.214. The lowest BCUT2D eigenvalue weighted by Crippen LogP contribution is -2.11. The Morgan fingerprint density at radius 2 is 2.00 bits per heavy atom. The fourth-order valence-electron chi connectivity index (χ4n) is 2.16. The molecule has 0 aliphatic carbocycles. The number of aromatic nitrogens is 4. The molecule has 0 saturated heterocycles. The van der Waals surface area contributed by atoms with E-state index in [4.69, 9.17) is 16.3 Å². The van der Waals surface area contributed by atoms with Gasteiger partial charge in [-0.1, -0.05) is 11.6 Å². The molecule has 5 nitrogen and oxygen atoms in total. The van der Waals surface area contributed by atoms with Gasteiger partial charge in [0.1, 0.15) is 27.9 Å². The third-order valence-corrected chi connectivity index (χ3v) is 3.37. The summed E-state index contributed by atoms with van der Waals surface area (Å²) in [5.41, 5.74) is -0.0370. The second-order valence-electron chi connectivity index (χ2n) is 5.40. The number of alkyl halides is 1. The van der Waals surface area contributed by atoms with Crippen LogP contribution in [0, 0.1) is 0 Å². The molecule has 0 spiro atoms. The SMILES string of the molecule is Cn1nc(C(C)(C)F)c2ncc(Oc3ccnc(Cl)c3)cc21. The molecule has 3 heterocycles. The second kappa shape index (κ2) is 5.21. The van der Waals surface area contributed by atoms with Crippen molar-refractivity contribution in [1.29, 1.82) is 0 Å². The monoisotopic (exact) mass is 320 g/mol. The van der Waals surface area contributed by atoms with Gasteiger partial charge in [-0.25, -0.2) is 14.4 Å².